The van der Waals surface area contributed by atoms with Crippen LogP contribution in [0.2, 0.25) is 0 Å². The minimum absolute atomic E-state index is 0. The number of furan rings is 1. The number of benzene rings is 1. The SMILES string of the molecule is CC1CC(c2ccc(F)cc2)CN1C(=O)c1ccc(CN)o1.Cl. The molecule has 0 aliphatic carbocycles. The van der Waals surface area contributed by atoms with Crippen molar-refractivity contribution in [3.63, 3.8) is 0 Å². The summed E-state index contributed by atoms with van der Waals surface area (Å²) in [6.45, 7) is 2.92. The zero-order valence-electron chi connectivity index (χ0n) is 12.9. The van der Waals surface area contributed by atoms with Gasteiger partial charge < -0.3 is 15.1 Å². The van der Waals surface area contributed by atoms with Gasteiger partial charge >= 0.3 is 0 Å². The van der Waals surface area contributed by atoms with E-state index in [9.17, 15) is 9.18 Å². The quantitative estimate of drug-likeness (QED) is 0.934. The molecule has 3 rings (SSSR count). The number of carbonyl (C=O) groups excluding carboxylic acids is 1. The maximum absolute atomic E-state index is 13.0. The van der Waals surface area contributed by atoms with Crippen LogP contribution in [0.3, 0.4) is 0 Å². The van der Waals surface area contributed by atoms with E-state index in [1.165, 1.54) is 12.1 Å². The second-order valence-electron chi connectivity index (χ2n) is 5.76. The number of halogens is 2. The molecular formula is C17H20ClFN2O2. The molecule has 1 aliphatic heterocycles. The minimum Gasteiger partial charge on any atom is -0.455 e. The maximum atomic E-state index is 13.0. The van der Waals surface area contributed by atoms with E-state index in [1.54, 1.807) is 24.3 Å². The van der Waals surface area contributed by atoms with Crippen LogP contribution in [0.5, 0.6) is 0 Å². The summed E-state index contributed by atoms with van der Waals surface area (Å²) in [7, 11) is 0. The van der Waals surface area contributed by atoms with Crippen molar-refractivity contribution in [2.75, 3.05) is 6.54 Å². The molecule has 2 aromatic rings. The van der Waals surface area contributed by atoms with E-state index in [1.807, 2.05) is 11.8 Å². The van der Waals surface area contributed by atoms with Crippen LogP contribution >= 0.6 is 12.4 Å². The van der Waals surface area contributed by atoms with Crippen LogP contribution in [0.4, 0.5) is 4.39 Å². The van der Waals surface area contributed by atoms with Crippen LogP contribution in [0.15, 0.2) is 40.8 Å². The molecule has 1 amide bonds. The predicted octanol–water partition coefficient (Wildman–Crippen LogP) is 3.32. The first kappa shape index (κ1) is 17.5. The molecule has 2 atom stereocenters. The molecule has 1 saturated heterocycles. The third-order valence-electron chi connectivity index (χ3n) is 4.25. The molecular weight excluding hydrogens is 319 g/mol. The van der Waals surface area contributed by atoms with Crippen molar-refractivity contribution >= 4 is 18.3 Å². The Kier molecular flexibility index (Phi) is 5.44. The number of amides is 1. The Bertz CT molecular complexity index is 671. The molecule has 124 valence electrons. The summed E-state index contributed by atoms with van der Waals surface area (Å²) < 4.78 is 18.5. The van der Waals surface area contributed by atoms with E-state index in [4.69, 9.17) is 10.2 Å². The Hall–Kier alpha value is -1.85. The van der Waals surface area contributed by atoms with Crippen LogP contribution < -0.4 is 5.73 Å². The van der Waals surface area contributed by atoms with Gasteiger partial charge in [0.25, 0.3) is 5.91 Å². The third kappa shape index (κ3) is 3.57. The molecule has 0 saturated carbocycles. The van der Waals surface area contributed by atoms with Gasteiger partial charge in [-0.15, -0.1) is 12.4 Å². The normalized spacial score (nSPS) is 20.4. The van der Waals surface area contributed by atoms with Crippen molar-refractivity contribution in [1.82, 2.24) is 4.90 Å². The molecule has 1 aliphatic rings. The van der Waals surface area contributed by atoms with Gasteiger partial charge in [0, 0.05) is 18.5 Å². The molecule has 2 unspecified atom stereocenters. The molecule has 1 aromatic carbocycles. The smallest absolute Gasteiger partial charge is 0.289 e. The molecule has 4 nitrogen and oxygen atoms in total. The standard InChI is InChI=1S/C17H19FN2O2.ClH/c1-11-8-13(12-2-4-14(18)5-3-12)10-20(11)17(21)16-7-6-15(9-19)22-16;/h2-7,11,13H,8-10,19H2,1H3;1H. The van der Waals surface area contributed by atoms with Crippen molar-refractivity contribution < 1.29 is 13.6 Å². The number of nitrogens with zero attached hydrogens (tertiary/aromatic N) is 1. The first-order valence-electron chi connectivity index (χ1n) is 7.43. The molecule has 2 N–H and O–H groups in total. The Morgan fingerprint density at radius 1 is 1.30 bits per heavy atom. The summed E-state index contributed by atoms with van der Waals surface area (Å²) in [5.41, 5.74) is 6.57. The zero-order valence-corrected chi connectivity index (χ0v) is 13.7. The van der Waals surface area contributed by atoms with Crippen molar-refractivity contribution in [2.45, 2.75) is 31.8 Å². The van der Waals surface area contributed by atoms with Crippen LogP contribution in [0.1, 0.15) is 41.1 Å². The first-order valence-corrected chi connectivity index (χ1v) is 7.43. The van der Waals surface area contributed by atoms with Crippen LogP contribution in [-0.2, 0) is 6.54 Å². The van der Waals surface area contributed by atoms with Gasteiger partial charge in [-0.1, -0.05) is 12.1 Å². The highest BCUT2D eigenvalue weighted by Gasteiger charge is 2.34. The topological polar surface area (TPSA) is 59.5 Å². The fraction of sp³-hybridized carbons (Fsp3) is 0.353. The van der Waals surface area contributed by atoms with E-state index < -0.39 is 0 Å². The fourth-order valence-corrected chi connectivity index (χ4v) is 3.03. The average molecular weight is 339 g/mol. The minimum atomic E-state index is -0.243. The van der Waals surface area contributed by atoms with Gasteiger partial charge in [-0.3, -0.25) is 4.79 Å². The molecule has 0 radical (unpaired) electrons. The van der Waals surface area contributed by atoms with E-state index in [0.717, 1.165) is 12.0 Å². The number of nitrogens with two attached hydrogens (primary N) is 1. The largest absolute Gasteiger partial charge is 0.455 e. The highest BCUT2D eigenvalue weighted by molar-refractivity contribution is 5.92. The van der Waals surface area contributed by atoms with Gasteiger partial charge in [-0.05, 0) is 43.2 Å². The van der Waals surface area contributed by atoms with E-state index in [-0.39, 0.29) is 42.6 Å². The molecule has 6 heteroatoms. The summed E-state index contributed by atoms with van der Waals surface area (Å²) in [4.78, 5) is 14.4. The van der Waals surface area contributed by atoms with Gasteiger partial charge in [0.05, 0.1) is 6.54 Å². The van der Waals surface area contributed by atoms with E-state index >= 15 is 0 Å². The van der Waals surface area contributed by atoms with E-state index in [0.29, 0.717) is 18.1 Å². The Morgan fingerprint density at radius 2 is 2.00 bits per heavy atom. The second-order valence-corrected chi connectivity index (χ2v) is 5.76. The average Bonchev–Trinajstić information content (AvgIpc) is 3.14. The van der Waals surface area contributed by atoms with Gasteiger partial charge in [0.1, 0.15) is 11.6 Å². The molecule has 1 aromatic heterocycles. The Labute approximate surface area is 140 Å². The predicted molar refractivity (Wildman–Crippen MR) is 88.1 cm³/mol. The summed E-state index contributed by atoms with van der Waals surface area (Å²) in [6.07, 6.45) is 0.863. The molecule has 1 fully saturated rings. The van der Waals surface area contributed by atoms with Gasteiger partial charge in [0.15, 0.2) is 5.76 Å². The van der Waals surface area contributed by atoms with Gasteiger partial charge in [-0.25, -0.2) is 4.39 Å². The lowest BCUT2D eigenvalue weighted by atomic mass is 9.97. The van der Waals surface area contributed by atoms with E-state index in [2.05, 4.69) is 0 Å². The highest BCUT2D eigenvalue weighted by Crippen LogP contribution is 2.32. The molecule has 23 heavy (non-hydrogen) atoms. The van der Waals surface area contributed by atoms with Crippen LogP contribution in [-0.4, -0.2) is 23.4 Å². The van der Waals surface area contributed by atoms with Crippen LogP contribution in [0.25, 0.3) is 0 Å². The van der Waals surface area contributed by atoms with Crippen molar-refractivity contribution in [2.24, 2.45) is 5.73 Å². The van der Waals surface area contributed by atoms with Crippen molar-refractivity contribution in [3.8, 4) is 0 Å². The number of hydrogen-bond donors (Lipinski definition) is 1. The first-order chi connectivity index (χ1) is 10.6. The zero-order chi connectivity index (χ0) is 15.7. The summed E-state index contributed by atoms with van der Waals surface area (Å²) in [5, 5.41) is 0. The molecule has 2 heterocycles. The lowest BCUT2D eigenvalue weighted by Crippen LogP contribution is -2.33. The maximum Gasteiger partial charge on any atom is 0.289 e. The summed E-state index contributed by atoms with van der Waals surface area (Å²) in [5.74, 6) is 0.797. The van der Waals surface area contributed by atoms with Crippen LogP contribution in [0, 0.1) is 5.82 Å². The van der Waals surface area contributed by atoms with Crippen molar-refractivity contribution in [3.05, 3.63) is 59.3 Å². The summed E-state index contributed by atoms with van der Waals surface area (Å²) in [6, 6.07) is 10.0. The Balaban J connectivity index is 0.00000192. The lowest BCUT2D eigenvalue weighted by Gasteiger charge is -2.20. The van der Waals surface area contributed by atoms with Crippen molar-refractivity contribution in [1.29, 1.82) is 0 Å². The summed E-state index contributed by atoms with van der Waals surface area (Å²) >= 11 is 0. The second kappa shape index (κ2) is 7.15. The van der Waals surface area contributed by atoms with Gasteiger partial charge in [0.2, 0.25) is 0 Å². The highest BCUT2D eigenvalue weighted by atomic mass is 35.5. The Morgan fingerprint density at radius 3 is 2.61 bits per heavy atom. The fourth-order valence-electron chi connectivity index (χ4n) is 3.03. The molecule has 0 bridgehead atoms. The number of hydrogen-bond acceptors (Lipinski definition) is 3. The number of carbonyl (C=O) groups is 1. The monoisotopic (exact) mass is 338 g/mol. The third-order valence-corrected chi connectivity index (χ3v) is 4.25. The number of likely N-dealkylation sites (tertiary alicyclic amines) is 1. The van der Waals surface area contributed by atoms with Gasteiger partial charge in [-0.2, -0.15) is 0 Å². The lowest BCUT2D eigenvalue weighted by molar-refractivity contribution is 0.0711. The molecule has 0 spiro atoms. The number of rotatable bonds is 3.